The summed E-state index contributed by atoms with van der Waals surface area (Å²) < 4.78 is 20.8. The fraction of sp³-hybridized carbons (Fsp3) is 0.600. The molecule has 1 rings (SSSR count). The number of hydrogen-bond acceptors (Lipinski definition) is 7. The van der Waals surface area contributed by atoms with Gasteiger partial charge in [-0.15, -0.1) is 4.91 Å². The van der Waals surface area contributed by atoms with E-state index >= 15 is 0 Å². The molecule has 0 N–H and O–H groups in total. The first-order valence-corrected chi connectivity index (χ1v) is 7.08. The summed E-state index contributed by atoms with van der Waals surface area (Å²) in [6.45, 7) is 3.71. The molecule has 0 bridgehead atoms. The molecule has 0 fully saturated rings. The molecule has 0 saturated carbocycles. The fourth-order valence-corrected chi connectivity index (χ4v) is 1.93. The number of rotatable bonds is 12. The van der Waals surface area contributed by atoms with E-state index < -0.39 is 0 Å². The normalized spacial score (nSPS) is 10.5. The van der Waals surface area contributed by atoms with Crippen LogP contribution in [-0.4, -0.2) is 60.8 Å². The highest BCUT2D eigenvalue weighted by Crippen LogP contribution is 2.31. The Labute approximate surface area is 131 Å². The van der Waals surface area contributed by atoms with Gasteiger partial charge < -0.3 is 23.8 Å². The second-order valence-corrected chi connectivity index (χ2v) is 4.53. The number of anilines is 1. The lowest BCUT2D eigenvalue weighted by atomic mass is 10.2. The highest BCUT2D eigenvalue weighted by atomic mass is 16.5. The summed E-state index contributed by atoms with van der Waals surface area (Å²) in [6, 6.07) is 5.28. The van der Waals surface area contributed by atoms with E-state index in [0.717, 1.165) is 5.69 Å². The molecule has 22 heavy (non-hydrogen) atoms. The van der Waals surface area contributed by atoms with Crippen LogP contribution in [0.3, 0.4) is 0 Å². The predicted molar refractivity (Wildman–Crippen MR) is 85.2 cm³/mol. The lowest BCUT2D eigenvalue weighted by Gasteiger charge is -2.25. The van der Waals surface area contributed by atoms with Gasteiger partial charge in [0.2, 0.25) is 0 Å². The van der Waals surface area contributed by atoms with E-state index in [9.17, 15) is 4.91 Å². The second kappa shape index (κ2) is 10.9. The van der Waals surface area contributed by atoms with Crippen molar-refractivity contribution in [3.8, 4) is 5.75 Å². The first-order valence-electron chi connectivity index (χ1n) is 7.08. The average molecular weight is 312 g/mol. The van der Waals surface area contributed by atoms with Crippen molar-refractivity contribution in [3.63, 3.8) is 0 Å². The summed E-state index contributed by atoms with van der Waals surface area (Å²) in [5, 5.41) is 2.94. The SMILES string of the molecule is COCCOCCN(CCOC)c1ccc(N=O)c(OC)c1. The van der Waals surface area contributed by atoms with E-state index in [1.165, 1.54) is 7.11 Å². The van der Waals surface area contributed by atoms with E-state index in [1.807, 2.05) is 6.07 Å². The third-order valence-corrected chi connectivity index (χ3v) is 3.13. The Balaban J connectivity index is 2.71. The molecule has 0 amide bonds. The van der Waals surface area contributed by atoms with E-state index in [0.29, 0.717) is 45.3 Å². The fourth-order valence-electron chi connectivity index (χ4n) is 1.93. The van der Waals surface area contributed by atoms with Gasteiger partial charge in [-0.05, 0) is 17.3 Å². The molecule has 7 nitrogen and oxygen atoms in total. The van der Waals surface area contributed by atoms with Crippen LogP contribution in [0.1, 0.15) is 0 Å². The molecule has 0 aliphatic heterocycles. The van der Waals surface area contributed by atoms with E-state index in [2.05, 4.69) is 10.1 Å². The topological polar surface area (TPSA) is 69.6 Å². The average Bonchev–Trinajstić information content (AvgIpc) is 2.56. The molecule has 0 heterocycles. The third-order valence-electron chi connectivity index (χ3n) is 3.13. The Morgan fingerprint density at radius 1 is 1.00 bits per heavy atom. The first kappa shape index (κ1) is 18.3. The molecular weight excluding hydrogens is 288 g/mol. The Hall–Kier alpha value is -1.70. The van der Waals surface area contributed by atoms with Crippen molar-refractivity contribution in [3.05, 3.63) is 23.1 Å². The highest BCUT2D eigenvalue weighted by molar-refractivity contribution is 5.61. The minimum Gasteiger partial charge on any atom is -0.494 e. The predicted octanol–water partition coefficient (Wildman–Crippen LogP) is 2.21. The summed E-state index contributed by atoms with van der Waals surface area (Å²) in [7, 11) is 4.82. The smallest absolute Gasteiger partial charge is 0.150 e. The molecule has 0 atom stereocenters. The Morgan fingerprint density at radius 3 is 2.36 bits per heavy atom. The van der Waals surface area contributed by atoms with Crippen LogP contribution in [0.4, 0.5) is 11.4 Å². The van der Waals surface area contributed by atoms with Crippen molar-refractivity contribution in [1.82, 2.24) is 0 Å². The van der Waals surface area contributed by atoms with Crippen molar-refractivity contribution in [2.45, 2.75) is 0 Å². The summed E-state index contributed by atoms with van der Waals surface area (Å²) in [6.07, 6.45) is 0. The van der Waals surface area contributed by atoms with Crippen LogP contribution in [0.2, 0.25) is 0 Å². The third kappa shape index (κ3) is 5.97. The summed E-state index contributed by atoms with van der Waals surface area (Å²) in [5.74, 6) is 0.454. The molecule has 124 valence electrons. The molecule has 0 aliphatic rings. The van der Waals surface area contributed by atoms with E-state index in [-0.39, 0.29) is 5.69 Å². The van der Waals surface area contributed by atoms with Gasteiger partial charge >= 0.3 is 0 Å². The van der Waals surface area contributed by atoms with E-state index in [1.54, 1.807) is 26.4 Å². The minimum absolute atomic E-state index is 0.286. The molecule has 0 radical (unpaired) electrons. The molecule has 0 unspecified atom stereocenters. The van der Waals surface area contributed by atoms with Crippen LogP contribution >= 0.6 is 0 Å². The summed E-state index contributed by atoms with van der Waals surface area (Å²) in [4.78, 5) is 12.8. The number of nitrogens with zero attached hydrogens (tertiary/aromatic N) is 2. The summed E-state index contributed by atoms with van der Waals surface area (Å²) in [5.41, 5.74) is 1.21. The van der Waals surface area contributed by atoms with Gasteiger partial charge in [0.15, 0.2) is 0 Å². The zero-order valence-corrected chi connectivity index (χ0v) is 13.4. The number of ether oxygens (including phenoxy) is 4. The van der Waals surface area contributed by atoms with Crippen molar-refractivity contribution in [2.24, 2.45) is 5.18 Å². The van der Waals surface area contributed by atoms with Crippen LogP contribution in [-0.2, 0) is 14.2 Å². The zero-order chi connectivity index (χ0) is 16.2. The number of nitroso groups, excluding NO2 is 1. The van der Waals surface area contributed by atoms with E-state index in [4.69, 9.17) is 18.9 Å². The minimum atomic E-state index is 0.286. The van der Waals surface area contributed by atoms with Crippen molar-refractivity contribution >= 4 is 11.4 Å². The summed E-state index contributed by atoms with van der Waals surface area (Å²) >= 11 is 0. The van der Waals surface area contributed by atoms with Gasteiger partial charge in [-0.2, -0.15) is 0 Å². The molecule has 0 aromatic heterocycles. The lowest BCUT2D eigenvalue weighted by Crippen LogP contribution is -2.31. The Bertz CT molecular complexity index is 442. The first-order chi connectivity index (χ1) is 10.8. The zero-order valence-electron chi connectivity index (χ0n) is 13.4. The van der Waals surface area contributed by atoms with Gasteiger partial charge in [-0.25, -0.2) is 0 Å². The maximum absolute atomic E-state index is 10.7. The van der Waals surface area contributed by atoms with Crippen LogP contribution in [0.5, 0.6) is 5.75 Å². The van der Waals surface area contributed by atoms with Gasteiger partial charge in [0.1, 0.15) is 11.4 Å². The number of hydrogen-bond donors (Lipinski definition) is 0. The molecule has 1 aromatic carbocycles. The number of benzene rings is 1. The standard InChI is InChI=1S/C15H24N2O5/c1-19-8-6-17(7-9-22-11-10-20-2)13-4-5-14(16-18)15(12-13)21-3/h4-5,12H,6-11H2,1-3H3. The molecule has 7 heteroatoms. The van der Waals surface area contributed by atoms with Crippen LogP contribution in [0.25, 0.3) is 0 Å². The molecule has 1 aromatic rings. The molecule has 0 spiro atoms. The van der Waals surface area contributed by atoms with Crippen molar-refractivity contribution < 1.29 is 18.9 Å². The van der Waals surface area contributed by atoms with Gasteiger partial charge in [0, 0.05) is 39.1 Å². The molecular formula is C15H24N2O5. The van der Waals surface area contributed by atoms with Crippen LogP contribution in [0.15, 0.2) is 23.4 Å². The van der Waals surface area contributed by atoms with Crippen LogP contribution in [0, 0.1) is 4.91 Å². The highest BCUT2D eigenvalue weighted by Gasteiger charge is 2.11. The Kier molecular flexibility index (Phi) is 9.13. The van der Waals surface area contributed by atoms with Gasteiger partial charge in [0.25, 0.3) is 0 Å². The largest absolute Gasteiger partial charge is 0.494 e. The van der Waals surface area contributed by atoms with Crippen molar-refractivity contribution in [1.29, 1.82) is 0 Å². The number of methoxy groups -OCH3 is 3. The van der Waals surface area contributed by atoms with Gasteiger partial charge in [-0.1, -0.05) is 0 Å². The molecule has 0 saturated heterocycles. The molecule has 0 aliphatic carbocycles. The maximum Gasteiger partial charge on any atom is 0.150 e. The van der Waals surface area contributed by atoms with Gasteiger partial charge in [0.05, 0.1) is 33.5 Å². The second-order valence-electron chi connectivity index (χ2n) is 4.53. The lowest BCUT2D eigenvalue weighted by molar-refractivity contribution is 0.0736. The van der Waals surface area contributed by atoms with Gasteiger partial charge in [-0.3, -0.25) is 0 Å². The Morgan fingerprint density at radius 2 is 1.73 bits per heavy atom. The quantitative estimate of drug-likeness (QED) is 0.435. The van der Waals surface area contributed by atoms with Crippen LogP contribution < -0.4 is 9.64 Å². The monoisotopic (exact) mass is 312 g/mol. The van der Waals surface area contributed by atoms with Crippen molar-refractivity contribution in [2.75, 3.05) is 65.7 Å². The maximum atomic E-state index is 10.7.